The number of pyridine rings is 1. The first-order chi connectivity index (χ1) is 10.4. The van der Waals surface area contributed by atoms with Crippen molar-refractivity contribution in [3.8, 4) is 6.07 Å². The molecule has 0 radical (unpaired) electrons. The Bertz CT molecular complexity index is 812. The molecule has 0 unspecified atom stereocenters. The molecule has 0 bridgehead atoms. The minimum Gasteiger partial charge on any atom is -0.348 e. The number of benzene rings is 1. The smallest absolute Gasteiger partial charge is 0.263 e. The Balaban J connectivity index is 2.18. The zero-order valence-electron chi connectivity index (χ0n) is 12.8. The highest BCUT2D eigenvalue weighted by atomic mass is 16.2. The quantitative estimate of drug-likeness (QED) is 0.938. The molecule has 0 aliphatic heterocycles. The van der Waals surface area contributed by atoms with Crippen LogP contribution in [0.25, 0.3) is 0 Å². The van der Waals surface area contributed by atoms with Gasteiger partial charge in [-0.05, 0) is 43.2 Å². The number of aromatic nitrogens is 1. The molecule has 5 nitrogen and oxygen atoms in total. The summed E-state index contributed by atoms with van der Waals surface area (Å²) < 4.78 is 1.46. The molecule has 112 valence electrons. The maximum atomic E-state index is 12.3. The van der Waals surface area contributed by atoms with Gasteiger partial charge in [-0.15, -0.1) is 0 Å². The molecule has 0 spiro atoms. The van der Waals surface area contributed by atoms with E-state index >= 15 is 0 Å². The van der Waals surface area contributed by atoms with Crippen LogP contribution >= 0.6 is 0 Å². The summed E-state index contributed by atoms with van der Waals surface area (Å²) in [5, 5.41) is 11.5. The molecular formula is C17H17N3O2. The van der Waals surface area contributed by atoms with E-state index in [1.54, 1.807) is 38.2 Å². The Morgan fingerprint density at radius 3 is 2.50 bits per heavy atom. The maximum absolute atomic E-state index is 12.3. The van der Waals surface area contributed by atoms with Gasteiger partial charge in [-0.25, -0.2) is 0 Å². The van der Waals surface area contributed by atoms with Gasteiger partial charge < -0.3 is 9.88 Å². The minimum absolute atomic E-state index is 0.168. The van der Waals surface area contributed by atoms with Gasteiger partial charge in [0.2, 0.25) is 0 Å². The van der Waals surface area contributed by atoms with Crippen molar-refractivity contribution in [2.45, 2.75) is 20.4 Å². The third-order valence-electron chi connectivity index (χ3n) is 3.63. The standard InChI is InChI=1S/C17H17N3O2/c1-11-8-12(2)20(3)17(22)15(11)16(21)19-10-14-6-4-13(9-18)5-7-14/h4-8H,10H2,1-3H3,(H,19,21). The van der Waals surface area contributed by atoms with Crippen molar-refractivity contribution >= 4 is 5.91 Å². The second kappa shape index (κ2) is 6.27. The van der Waals surface area contributed by atoms with Gasteiger partial charge in [0.05, 0.1) is 11.6 Å². The van der Waals surface area contributed by atoms with E-state index in [0.717, 1.165) is 11.3 Å². The fraction of sp³-hybridized carbons (Fsp3) is 0.235. The van der Waals surface area contributed by atoms with Crippen molar-refractivity contribution in [1.29, 1.82) is 5.26 Å². The maximum Gasteiger partial charge on any atom is 0.263 e. The van der Waals surface area contributed by atoms with Gasteiger partial charge in [0.25, 0.3) is 11.5 Å². The molecule has 0 aliphatic rings. The van der Waals surface area contributed by atoms with Crippen LogP contribution in [0, 0.1) is 25.2 Å². The van der Waals surface area contributed by atoms with Crippen LogP contribution in [0.15, 0.2) is 35.1 Å². The van der Waals surface area contributed by atoms with Gasteiger partial charge >= 0.3 is 0 Å². The summed E-state index contributed by atoms with van der Waals surface area (Å²) in [5.41, 5.74) is 2.79. The first-order valence-electron chi connectivity index (χ1n) is 6.88. The fourth-order valence-corrected chi connectivity index (χ4v) is 2.22. The predicted molar refractivity (Wildman–Crippen MR) is 83.5 cm³/mol. The first kappa shape index (κ1) is 15.5. The topological polar surface area (TPSA) is 74.9 Å². The Morgan fingerprint density at radius 2 is 1.91 bits per heavy atom. The fourth-order valence-electron chi connectivity index (χ4n) is 2.22. The number of rotatable bonds is 3. The SMILES string of the molecule is Cc1cc(C)n(C)c(=O)c1C(=O)NCc1ccc(C#N)cc1. The molecule has 22 heavy (non-hydrogen) atoms. The average molecular weight is 295 g/mol. The summed E-state index contributed by atoms with van der Waals surface area (Å²) >= 11 is 0. The van der Waals surface area contributed by atoms with Gasteiger partial charge in [-0.1, -0.05) is 12.1 Å². The molecule has 5 heteroatoms. The normalized spacial score (nSPS) is 10.1. The molecule has 2 rings (SSSR count). The van der Waals surface area contributed by atoms with E-state index in [2.05, 4.69) is 5.32 Å². The van der Waals surface area contributed by atoms with Gasteiger partial charge in [0.15, 0.2) is 0 Å². The molecule has 1 aromatic heterocycles. The number of carbonyl (C=O) groups excluding carboxylic acids is 1. The van der Waals surface area contributed by atoms with Crippen LogP contribution in [-0.4, -0.2) is 10.5 Å². The molecule has 1 amide bonds. The Morgan fingerprint density at radius 1 is 1.27 bits per heavy atom. The lowest BCUT2D eigenvalue weighted by atomic mass is 10.1. The number of aryl methyl sites for hydroxylation is 2. The van der Waals surface area contributed by atoms with E-state index in [0.29, 0.717) is 17.7 Å². The molecule has 0 fully saturated rings. The van der Waals surface area contributed by atoms with Crippen molar-refractivity contribution < 1.29 is 4.79 Å². The molecule has 0 saturated carbocycles. The van der Waals surface area contributed by atoms with Crippen molar-refractivity contribution in [2.75, 3.05) is 0 Å². The summed E-state index contributed by atoms with van der Waals surface area (Å²) in [5.74, 6) is -0.387. The van der Waals surface area contributed by atoms with Gasteiger partial charge in [0, 0.05) is 19.3 Å². The lowest BCUT2D eigenvalue weighted by Gasteiger charge is -2.11. The second-order valence-corrected chi connectivity index (χ2v) is 5.20. The Labute approximate surface area is 128 Å². The molecular weight excluding hydrogens is 278 g/mol. The highest BCUT2D eigenvalue weighted by molar-refractivity contribution is 5.95. The summed E-state index contributed by atoms with van der Waals surface area (Å²) in [4.78, 5) is 24.5. The highest BCUT2D eigenvalue weighted by Crippen LogP contribution is 2.07. The third kappa shape index (κ3) is 3.07. The van der Waals surface area contributed by atoms with Crippen LogP contribution < -0.4 is 10.9 Å². The Kier molecular flexibility index (Phi) is 4.42. The van der Waals surface area contributed by atoms with Crippen LogP contribution in [0.3, 0.4) is 0 Å². The van der Waals surface area contributed by atoms with Crippen LogP contribution in [0.2, 0.25) is 0 Å². The van der Waals surface area contributed by atoms with Gasteiger partial charge in [0.1, 0.15) is 5.56 Å². The van der Waals surface area contributed by atoms with E-state index in [-0.39, 0.29) is 17.0 Å². The van der Waals surface area contributed by atoms with Gasteiger partial charge in [-0.2, -0.15) is 5.26 Å². The van der Waals surface area contributed by atoms with Crippen LogP contribution in [0.4, 0.5) is 0 Å². The number of hydrogen-bond donors (Lipinski definition) is 1. The number of nitrogens with zero attached hydrogens (tertiary/aromatic N) is 2. The van der Waals surface area contributed by atoms with E-state index in [9.17, 15) is 9.59 Å². The molecule has 0 atom stereocenters. The largest absolute Gasteiger partial charge is 0.348 e. The van der Waals surface area contributed by atoms with Crippen molar-refractivity contribution in [3.63, 3.8) is 0 Å². The van der Waals surface area contributed by atoms with Crippen LogP contribution in [0.1, 0.15) is 32.7 Å². The number of nitrogens with one attached hydrogen (secondary N) is 1. The zero-order valence-corrected chi connectivity index (χ0v) is 12.8. The Hall–Kier alpha value is -2.87. The number of hydrogen-bond acceptors (Lipinski definition) is 3. The predicted octanol–water partition coefficient (Wildman–Crippen LogP) is 1.80. The van der Waals surface area contributed by atoms with E-state index in [4.69, 9.17) is 5.26 Å². The lowest BCUT2D eigenvalue weighted by molar-refractivity contribution is 0.0948. The van der Waals surface area contributed by atoms with Gasteiger partial charge in [-0.3, -0.25) is 9.59 Å². The summed E-state index contributed by atoms with van der Waals surface area (Å²) in [6.07, 6.45) is 0. The van der Waals surface area contributed by atoms with Crippen LogP contribution in [0.5, 0.6) is 0 Å². The summed E-state index contributed by atoms with van der Waals surface area (Å²) in [6.45, 7) is 3.89. The van der Waals surface area contributed by atoms with Crippen LogP contribution in [-0.2, 0) is 13.6 Å². The number of carbonyl (C=O) groups is 1. The second-order valence-electron chi connectivity index (χ2n) is 5.20. The minimum atomic E-state index is -0.387. The van der Waals surface area contributed by atoms with E-state index in [1.807, 2.05) is 19.1 Å². The summed E-state index contributed by atoms with van der Waals surface area (Å²) in [6, 6.07) is 10.8. The molecule has 2 aromatic rings. The molecule has 1 aromatic carbocycles. The molecule has 0 aliphatic carbocycles. The number of nitriles is 1. The third-order valence-corrected chi connectivity index (χ3v) is 3.63. The lowest BCUT2D eigenvalue weighted by Crippen LogP contribution is -2.33. The summed E-state index contributed by atoms with van der Waals surface area (Å²) in [7, 11) is 1.65. The monoisotopic (exact) mass is 295 g/mol. The zero-order chi connectivity index (χ0) is 16.3. The molecule has 1 heterocycles. The highest BCUT2D eigenvalue weighted by Gasteiger charge is 2.15. The van der Waals surface area contributed by atoms with Crippen molar-refractivity contribution in [3.05, 3.63) is 68.6 Å². The van der Waals surface area contributed by atoms with Crippen molar-refractivity contribution in [2.24, 2.45) is 7.05 Å². The van der Waals surface area contributed by atoms with Crippen molar-refractivity contribution in [1.82, 2.24) is 9.88 Å². The molecule has 0 saturated heterocycles. The molecule has 1 N–H and O–H groups in total. The number of amides is 1. The average Bonchev–Trinajstić information content (AvgIpc) is 2.51. The first-order valence-corrected chi connectivity index (χ1v) is 6.88. The van der Waals surface area contributed by atoms with E-state index < -0.39 is 0 Å². The van der Waals surface area contributed by atoms with E-state index in [1.165, 1.54) is 4.57 Å².